The van der Waals surface area contributed by atoms with Gasteiger partial charge in [-0.3, -0.25) is 13.9 Å². The minimum absolute atomic E-state index is 0.00200. The van der Waals surface area contributed by atoms with E-state index < -0.39 is 21.8 Å². The number of aryl methyl sites for hydroxylation is 1. The molecule has 0 amide bonds. The molecule has 0 radical (unpaired) electrons. The Balaban J connectivity index is 1.42. The highest BCUT2D eigenvalue weighted by Gasteiger charge is 2.51. The fourth-order valence-corrected chi connectivity index (χ4v) is 5.48. The van der Waals surface area contributed by atoms with E-state index in [0.29, 0.717) is 22.0 Å². The molecule has 5 nitrogen and oxygen atoms in total. The lowest BCUT2D eigenvalue weighted by Gasteiger charge is -2.30. The van der Waals surface area contributed by atoms with E-state index in [2.05, 4.69) is 0 Å². The predicted octanol–water partition coefficient (Wildman–Crippen LogP) is 6.50. The summed E-state index contributed by atoms with van der Waals surface area (Å²) in [5.41, 5.74) is 3.05. The molecule has 0 unspecified atom stereocenters. The molecule has 7 heteroatoms. The maximum absolute atomic E-state index is 14.9. The molecule has 1 heterocycles. The van der Waals surface area contributed by atoms with E-state index in [0.717, 1.165) is 35.1 Å². The number of Topliss-reactive ketones (excluding diaryl/α,β-unsaturated/α-hetero) is 1. The number of carbonyl (C=O) groups excluding carboxylic acids is 1. The number of ether oxygens (including phenoxy) is 2. The first-order chi connectivity index (χ1) is 16.2. The zero-order valence-electron chi connectivity index (χ0n) is 19.1. The van der Waals surface area contributed by atoms with Crippen LogP contribution >= 0.6 is 10.6 Å². The van der Waals surface area contributed by atoms with Gasteiger partial charge in [-0.2, -0.15) is 10.6 Å². The summed E-state index contributed by atoms with van der Waals surface area (Å²) in [6, 6.07) is 15.8. The second-order valence-electron chi connectivity index (χ2n) is 8.99. The lowest BCUT2D eigenvalue weighted by Crippen LogP contribution is -2.23. The van der Waals surface area contributed by atoms with Crippen LogP contribution in [0.1, 0.15) is 36.5 Å². The fourth-order valence-electron chi connectivity index (χ4n) is 4.57. The Morgan fingerprint density at radius 2 is 1.74 bits per heavy atom. The van der Waals surface area contributed by atoms with Crippen molar-refractivity contribution in [2.45, 2.75) is 43.4 Å². The molecule has 0 aromatic heterocycles. The van der Waals surface area contributed by atoms with Gasteiger partial charge >= 0.3 is 0 Å². The second-order valence-corrected chi connectivity index (χ2v) is 11.4. The van der Waals surface area contributed by atoms with Crippen molar-refractivity contribution in [2.75, 3.05) is 12.5 Å². The molecule has 3 aromatic rings. The minimum atomic E-state index is -2.80. The first-order valence-electron chi connectivity index (χ1n) is 11.3. The van der Waals surface area contributed by atoms with Crippen molar-refractivity contribution in [2.24, 2.45) is 0 Å². The molecular weight excluding hydrogens is 455 g/mol. The van der Waals surface area contributed by atoms with Gasteiger partial charge in [0, 0.05) is 12.2 Å². The lowest BCUT2D eigenvalue weighted by molar-refractivity contribution is -0.120. The lowest BCUT2D eigenvalue weighted by atomic mass is 9.86. The van der Waals surface area contributed by atoms with Crippen LogP contribution in [0.3, 0.4) is 0 Å². The average molecular weight is 483 g/mol. The largest absolute Gasteiger partial charge is 0.454 e. The monoisotopic (exact) mass is 482 g/mol. The van der Waals surface area contributed by atoms with E-state index in [4.69, 9.17) is 9.47 Å². The number of benzene rings is 3. The van der Waals surface area contributed by atoms with Crippen molar-refractivity contribution < 1.29 is 27.8 Å². The SMILES string of the molecule is CCS(O)(O)c1ccc(-c2cc(CC(=O)C3(c4ccc5c(c4)OCO5)CC3)c(F)cc2C)cc1. The van der Waals surface area contributed by atoms with Gasteiger partial charge < -0.3 is 9.47 Å². The number of hydrogen-bond acceptors (Lipinski definition) is 5. The summed E-state index contributed by atoms with van der Waals surface area (Å²) < 4.78 is 46.1. The molecule has 0 saturated heterocycles. The van der Waals surface area contributed by atoms with Crippen LogP contribution in [-0.2, 0) is 16.6 Å². The molecule has 5 rings (SSSR count). The van der Waals surface area contributed by atoms with E-state index in [-0.39, 0.29) is 24.7 Å². The van der Waals surface area contributed by atoms with Gasteiger partial charge in [-0.1, -0.05) is 18.2 Å². The average Bonchev–Trinajstić information content (AvgIpc) is 3.51. The molecule has 2 aliphatic rings. The van der Waals surface area contributed by atoms with Crippen LogP contribution in [-0.4, -0.2) is 27.4 Å². The smallest absolute Gasteiger partial charge is 0.231 e. The molecule has 0 spiro atoms. The van der Waals surface area contributed by atoms with Gasteiger partial charge in [-0.15, -0.1) is 0 Å². The van der Waals surface area contributed by atoms with Crippen LogP contribution in [0.2, 0.25) is 0 Å². The Morgan fingerprint density at radius 3 is 2.41 bits per heavy atom. The summed E-state index contributed by atoms with van der Waals surface area (Å²) in [4.78, 5) is 13.9. The van der Waals surface area contributed by atoms with E-state index in [1.54, 1.807) is 37.3 Å². The van der Waals surface area contributed by atoms with Crippen molar-refractivity contribution in [1.82, 2.24) is 0 Å². The standard InChI is InChI=1S/C27H27FO5S/c1-3-34(30,31)21-7-4-18(5-8-21)22-13-19(23(28)12-17(22)2)14-26(29)27(10-11-27)20-6-9-24-25(15-20)33-16-32-24/h4-9,12-13,15,30-31H,3,10-11,14,16H2,1-2H3. The molecule has 0 atom stereocenters. The fraction of sp³-hybridized carbons (Fsp3) is 0.296. The summed E-state index contributed by atoms with van der Waals surface area (Å²) in [7, 11) is -2.80. The molecule has 3 aromatic carbocycles. The Hall–Kier alpha value is -2.87. The molecule has 2 N–H and O–H groups in total. The number of carbonyl (C=O) groups is 1. The topological polar surface area (TPSA) is 76.0 Å². The van der Waals surface area contributed by atoms with Crippen LogP contribution in [0.15, 0.2) is 59.5 Å². The van der Waals surface area contributed by atoms with Gasteiger partial charge in [0.25, 0.3) is 0 Å². The van der Waals surface area contributed by atoms with Crippen molar-refractivity contribution in [3.05, 3.63) is 77.1 Å². The van der Waals surface area contributed by atoms with Gasteiger partial charge in [0.1, 0.15) is 11.6 Å². The highest BCUT2D eigenvalue weighted by atomic mass is 32.3. The van der Waals surface area contributed by atoms with Crippen LogP contribution in [0, 0.1) is 12.7 Å². The predicted molar refractivity (Wildman–Crippen MR) is 130 cm³/mol. The van der Waals surface area contributed by atoms with Crippen LogP contribution in [0.25, 0.3) is 11.1 Å². The van der Waals surface area contributed by atoms with E-state index in [1.807, 2.05) is 25.1 Å². The van der Waals surface area contributed by atoms with Crippen molar-refractivity contribution in [3.8, 4) is 22.6 Å². The number of hydrogen-bond donors (Lipinski definition) is 2. The molecular formula is C27H27FO5S. The summed E-state index contributed by atoms with van der Waals surface area (Å²) in [5, 5.41) is 0. The minimum Gasteiger partial charge on any atom is -0.454 e. The normalized spacial score (nSPS) is 16.4. The Kier molecular flexibility index (Phi) is 5.67. The molecule has 0 bridgehead atoms. The molecule has 34 heavy (non-hydrogen) atoms. The summed E-state index contributed by atoms with van der Waals surface area (Å²) in [6.07, 6.45) is 1.47. The molecule has 1 fully saturated rings. The van der Waals surface area contributed by atoms with Gasteiger partial charge in [-0.05, 0) is 90.9 Å². The van der Waals surface area contributed by atoms with Crippen LogP contribution in [0.4, 0.5) is 4.39 Å². The molecule has 1 aliphatic heterocycles. The first-order valence-corrected chi connectivity index (χ1v) is 13.0. The zero-order valence-corrected chi connectivity index (χ0v) is 20.0. The van der Waals surface area contributed by atoms with E-state index in [1.165, 1.54) is 6.07 Å². The first kappa shape index (κ1) is 22.9. The molecule has 1 aliphatic carbocycles. The maximum Gasteiger partial charge on any atom is 0.231 e. The quantitative estimate of drug-likeness (QED) is 0.402. The van der Waals surface area contributed by atoms with Gasteiger partial charge in [-0.25, -0.2) is 4.39 Å². The van der Waals surface area contributed by atoms with Gasteiger partial charge in [0.2, 0.25) is 6.79 Å². The summed E-state index contributed by atoms with van der Waals surface area (Å²) in [5.74, 6) is 1.16. The summed E-state index contributed by atoms with van der Waals surface area (Å²) >= 11 is 0. The number of rotatable bonds is 7. The summed E-state index contributed by atoms with van der Waals surface area (Å²) in [6.45, 7) is 3.73. The Morgan fingerprint density at radius 1 is 1.03 bits per heavy atom. The number of ketones is 1. The highest BCUT2D eigenvalue weighted by Crippen LogP contribution is 2.52. The van der Waals surface area contributed by atoms with Gasteiger partial charge in [0.15, 0.2) is 11.5 Å². The second kappa shape index (κ2) is 8.41. The van der Waals surface area contributed by atoms with E-state index in [9.17, 15) is 18.3 Å². The third kappa shape index (κ3) is 3.98. The molecule has 1 saturated carbocycles. The molecule has 178 valence electrons. The van der Waals surface area contributed by atoms with Crippen molar-refractivity contribution >= 4 is 16.4 Å². The van der Waals surface area contributed by atoms with Crippen molar-refractivity contribution in [1.29, 1.82) is 0 Å². The number of fused-ring (bicyclic) bond motifs is 1. The Bertz CT molecular complexity index is 1260. The third-order valence-electron chi connectivity index (χ3n) is 6.90. The zero-order chi connectivity index (χ0) is 24.1. The van der Waals surface area contributed by atoms with Crippen molar-refractivity contribution in [3.63, 3.8) is 0 Å². The maximum atomic E-state index is 14.9. The Labute approximate surface area is 199 Å². The number of halogens is 1. The third-order valence-corrected chi connectivity index (χ3v) is 8.73. The van der Waals surface area contributed by atoms with Gasteiger partial charge in [0.05, 0.1) is 10.3 Å². The van der Waals surface area contributed by atoms with E-state index >= 15 is 0 Å². The van der Waals surface area contributed by atoms with Crippen LogP contribution < -0.4 is 9.47 Å². The highest BCUT2D eigenvalue weighted by molar-refractivity contribution is 8.24. The van der Waals surface area contributed by atoms with Crippen LogP contribution in [0.5, 0.6) is 11.5 Å².